The zero-order chi connectivity index (χ0) is 14.0. The summed E-state index contributed by atoms with van der Waals surface area (Å²) in [4.78, 5) is 3.43. The number of anilines is 2. The van der Waals surface area contributed by atoms with E-state index in [2.05, 4.69) is 92.7 Å². The first kappa shape index (κ1) is 14.9. The molecular formula is C14H16Br2N2S. The number of nitrogens with zero attached hydrogens (tertiary/aromatic N) is 1. The Morgan fingerprint density at radius 1 is 1.21 bits per heavy atom. The van der Waals surface area contributed by atoms with Crippen LogP contribution in [0, 0.1) is 0 Å². The Labute approximate surface area is 135 Å². The molecule has 0 fully saturated rings. The van der Waals surface area contributed by atoms with Gasteiger partial charge in [-0.25, -0.2) is 0 Å². The molecular weight excluding hydrogens is 388 g/mol. The Balaban J connectivity index is 2.28. The van der Waals surface area contributed by atoms with E-state index < -0.39 is 0 Å². The Hall–Kier alpha value is -0.520. The van der Waals surface area contributed by atoms with E-state index in [1.807, 2.05) is 0 Å². The largest absolute Gasteiger partial charge is 0.376 e. The summed E-state index contributed by atoms with van der Waals surface area (Å²) < 4.78 is 2.25. The highest BCUT2D eigenvalue weighted by molar-refractivity contribution is 9.10. The third kappa shape index (κ3) is 3.52. The topological polar surface area (TPSA) is 15.3 Å². The van der Waals surface area contributed by atoms with Crippen molar-refractivity contribution >= 4 is 54.6 Å². The molecule has 1 atom stereocenters. The van der Waals surface area contributed by atoms with Gasteiger partial charge in [-0.2, -0.15) is 0 Å². The molecule has 2 rings (SSSR count). The average molecular weight is 404 g/mol. The summed E-state index contributed by atoms with van der Waals surface area (Å²) in [5.74, 6) is 0. The lowest BCUT2D eigenvalue weighted by Gasteiger charge is -2.22. The molecule has 0 aliphatic carbocycles. The average Bonchev–Trinajstić information content (AvgIpc) is 2.75. The van der Waals surface area contributed by atoms with E-state index in [4.69, 9.17) is 0 Å². The first-order chi connectivity index (χ1) is 8.99. The summed E-state index contributed by atoms with van der Waals surface area (Å²) in [6.45, 7) is 2.18. The quantitative estimate of drug-likeness (QED) is 0.723. The van der Waals surface area contributed by atoms with E-state index in [1.54, 1.807) is 11.3 Å². The minimum atomic E-state index is 0.266. The number of hydrogen-bond acceptors (Lipinski definition) is 3. The van der Waals surface area contributed by atoms with Crippen LogP contribution < -0.4 is 10.2 Å². The fourth-order valence-corrected chi connectivity index (χ4v) is 4.01. The van der Waals surface area contributed by atoms with Crippen molar-refractivity contribution in [3.05, 3.63) is 43.5 Å². The Morgan fingerprint density at radius 3 is 2.53 bits per heavy atom. The van der Waals surface area contributed by atoms with Crippen LogP contribution in [0.4, 0.5) is 11.4 Å². The first-order valence-corrected chi connectivity index (χ1v) is 8.42. The summed E-state index contributed by atoms with van der Waals surface area (Å²) in [5.41, 5.74) is 2.31. The molecule has 0 aliphatic heterocycles. The van der Waals surface area contributed by atoms with E-state index in [9.17, 15) is 0 Å². The zero-order valence-corrected chi connectivity index (χ0v) is 15.1. The molecule has 0 amide bonds. The van der Waals surface area contributed by atoms with Crippen LogP contribution in [-0.2, 0) is 0 Å². The van der Waals surface area contributed by atoms with Crippen molar-refractivity contribution < 1.29 is 0 Å². The number of nitrogens with one attached hydrogen (secondary N) is 1. The second kappa shape index (κ2) is 6.29. The van der Waals surface area contributed by atoms with E-state index in [1.165, 1.54) is 15.0 Å². The van der Waals surface area contributed by atoms with Crippen molar-refractivity contribution in [2.75, 3.05) is 24.3 Å². The van der Waals surface area contributed by atoms with Crippen molar-refractivity contribution in [1.82, 2.24) is 0 Å². The van der Waals surface area contributed by atoms with Gasteiger partial charge in [0.15, 0.2) is 0 Å². The molecule has 1 aromatic heterocycles. The Bertz CT molecular complexity index is 566. The molecule has 0 saturated heterocycles. The standard InChI is InChI=1S/C14H16Br2N2S/c1-9(14-11(16)6-7-19-14)17-12-8-10(15)4-5-13(12)18(2)3/h4-9,17H,1-3H3. The minimum absolute atomic E-state index is 0.266. The van der Waals surface area contributed by atoms with Crippen molar-refractivity contribution in [2.24, 2.45) is 0 Å². The van der Waals surface area contributed by atoms with Gasteiger partial charge in [-0.05, 0) is 52.5 Å². The van der Waals surface area contributed by atoms with E-state index >= 15 is 0 Å². The van der Waals surface area contributed by atoms with Crippen LogP contribution in [0.5, 0.6) is 0 Å². The number of thiophene rings is 1. The van der Waals surface area contributed by atoms with E-state index in [0.29, 0.717) is 0 Å². The fraction of sp³-hybridized carbons (Fsp3) is 0.286. The fourth-order valence-electron chi connectivity index (χ4n) is 1.93. The molecule has 19 heavy (non-hydrogen) atoms. The molecule has 0 bridgehead atoms. The van der Waals surface area contributed by atoms with Crippen LogP contribution in [0.1, 0.15) is 17.8 Å². The van der Waals surface area contributed by atoms with E-state index in [0.717, 1.165) is 10.2 Å². The normalized spacial score (nSPS) is 12.3. The van der Waals surface area contributed by atoms with Gasteiger partial charge in [-0.1, -0.05) is 15.9 Å². The number of halogens is 2. The highest BCUT2D eigenvalue weighted by Crippen LogP contribution is 2.35. The van der Waals surface area contributed by atoms with Crippen LogP contribution in [-0.4, -0.2) is 14.1 Å². The molecule has 0 spiro atoms. The minimum Gasteiger partial charge on any atom is -0.376 e. The maximum absolute atomic E-state index is 3.59. The van der Waals surface area contributed by atoms with Crippen LogP contribution in [0.15, 0.2) is 38.6 Å². The summed E-state index contributed by atoms with van der Waals surface area (Å²) in [6, 6.07) is 8.65. The monoisotopic (exact) mass is 402 g/mol. The molecule has 2 nitrogen and oxygen atoms in total. The van der Waals surface area contributed by atoms with Crippen LogP contribution in [0.2, 0.25) is 0 Å². The molecule has 1 unspecified atom stereocenters. The molecule has 1 aromatic carbocycles. The summed E-state index contributed by atoms with van der Waals surface area (Å²) >= 11 is 8.89. The van der Waals surface area contributed by atoms with Gasteiger partial charge >= 0.3 is 0 Å². The predicted octanol–water partition coefficient (Wildman–Crippen LogP) is 5.51. The molecule has 0 radical (unpaired) electrons. The number of benzene rings is 1. The number of rotatable bonds is 4. The summed E-state index contributed by atoms with van der Waals surface area (Å²) in [5, 5.41) is 5.69. The molecule has 1 heterocycles. The van der Waals surface area contributed by atoms with Gasteiger partial charge in [-0.3, -0.25) is 0 Å². The van der Waals surface area contributed by atoms with Gasteiger partial charge in [0.2, 0.25) is 0 Å². The van der Waals surface area contributed by atoms with Gasteiger partial charge < -0.3 is 10.2 Å². The Morgan fingerprint density at radius 2 is 1.95 bits per heavy atom. The van der Waals surface area contributed by atoms with Gasteiger partial charge in [-0.15, -0.1) is 11.3 Å². The lowest BCUT2D eigenvalue weighted by Crippen LogP contribution is -2.13. The van der Waals surface area contributed by atoms with Gasteiger partial charge in [0.25, 0.3) is 0 Å². The molecule has 102 valence electrons. The highest BCUT2D eigenvalue weighted by Gasteiger charge is 2.13. The van der Waals surface area contributed by atoms with Gasteiger partial charge in [0, 0.05) is 27.9 Å². The first-order valence-electron chi connectivity index (χ1n) is 5.95. The smallest absolute Gasteiger partial charge is 0.0597 e. The van der Waals surface area contributed by atoms with Crippen molar-refractivity contribution in [3.63, 3.8) is 0 Å². The lowest BCUT2D eigenvalue weighted by atomic mass is 10.2. The molecule has 0 saturated carbocycles. The third-order valence-electron chi connectivity index (χ3n) is 2.85. The second-order valence-electron chi connectivity index (χ2n) is 4.55. The highest BCUT2D eigenvalue weighted by atomic mass is 79.9. The summed E-state index contributed by atoms with van der Waals surface area (Å²) in [7, 11) is 4.11. The molecule has 5 heteroatoms. The van der Waals surface area contributed by atoms with Gasteiger partial charge in [0.05, 0.1) is 17.4 Å². The van der Waals surface area contributed by atoms with Crippen molar-refractivity contribution in [1.29, 1.82) is 0 Å². The SMILES string of the molecule is CC(Nc1cc(Br)ccc1N(C)C)c1sccc1Br. The van der Waals surface area contributed by atoms with Crippen molar-refractivity contribution in [3.8, 4) is 0 Å². The van der Waals surface area contributed by atoms with Gasteiger partial charge in [0.1, 0.15) is 0 Å². The van der Waals surface area contributed by atoms with Crippen molar-refractivity contribution in [2.45, 2.75) is 13.0 Å². The second-order valence-corrected chi connectivity index (χ2v) is 7.27. The van der Waals surface area contributed by atoms with Crippen LogP contribution in [0.3, 0.4) is 0 Å². The molecule has 2 aromatic rings. The predicted molar refractivity (Wildman–Crippen MR) is 92.5 cm³/mol. The Kier molecular flexibility index (Phi) is 4.92. The molecule has 0 aliphatic rings. The maximum atomic E-state index is 3.59. The maximum Gasteiger partial charge on any atom is 0.0597 e. The van der Waals surface area contributed by atoms with Crippen LogP contribution in [0.25, 0.3) is 0 Å². The zero-order valence-electron chi connectivity index (χ0n) is 11.1. The lowest BCUT2D eigenvalue weighted by molar-refractivity contribution is 0.900. The van der Waals surface area contributed by atoms with Crippen LogP contribution >= 0.6 is 43.2 Å². The molecule has 1 N–H and O–H groups in total. The summed E-state index contributed by atoms with van der Waals surface area (Å²) in [6.07, 6.45) is 0. The third-order valence-corrected chi connectivity index (χ3v) is 5.40. The number of hydrogen-bond donors (Lipinski definition) is 1. The van der Waals surface area contributed by atoms with E-state index in [-0.39, 0.29) is 6.04 Å².